The van der Waals surface area contributed by atoms with E-state index in [0.29, 0.717) is 37.0 Å². The molecule has 1 aromatic heterocycles. The van der Waals surface area contributed by atoms with Crippen LogP contribution in [0.2, 0.25) is 0 Å². The molecule has 0 bridgehead atoms. The Morgan fingerprint density at radius 2 is 1.91 bits per heavy atom. The number of nitrogens with zero attached hydrogens (tertiary/aromatic N) is 2. The smallest absolute Gasteiger partial charge is 0.253 e. The van der Waals surface area contributed by atoms with Crippen LogP contribution in [0.25, 0.3) is 16.5 Å². The van der Waals surface area contributed by atoms with Crippen LogP contribution in [0.5, 0.6) is 0 Å². The first-order chi connectivity index (χ1) is 17.2. The predicted molar refractivity (Wildman–Crippen MR) is 137 cm³/mol. The van der Waals surface area contributed by atoms with Gasteiger partial charge >= 0.3 is 0 Å². The number of aromatic nitrogens is 1. The van der Waals surface area contributed by atoms with E-state index in [0.717, 1.165) is 16.5 Å². The number of hydrogen-bond donors (Lipinski definition) is 1. The summed E-state index contributed by atoms with van der Waals surface area (Å²) in [4.78, 5) is 33.2. The summed E-state index contributed by atoms with van der Waals surface area (Å²) in [6, 6.07) is 19.3. The average Bonchev–Trinajstić information content (AvgIpc) is 3.35. The predicted octanol–water partition coefficient (Wildman–Crippen LogP) is 4.24. The van der Waals surface area contributed by atoms with Crippen LogP contribution < -0.4 is 5.32 Å². The van der Waals surface area contributed by atoms with Crippen molar-refractivity contribution in [3.8, 4) is 0 Å². The van der Waals surface area contributed by atoms with Crippen LogP contribution in [0.1, 0.15) is 28.8 Å². The second-order valence-corrected chi connectivity index (χ2v) is 9.03. The summed E-state index contributed by atoms with van der Waals surface area (Å²) in [5.74, 6) is -0.360. The molecule has 3 unspecified atom stereocenters. The molecule has 35 heavy (non-hydrogen) atoms. The first-order valence-corrected chi connectivity index (χ1v) is 12.0. The Labute approximate surface area is 205 Å². The van der Waals surface area contributed by atoms with E-state index in [-0.39, 0.29) is 29.9 Å². The summed E-state index contributed by atoms with van der Waals surface area (Å²) in [5.41, 5.74) is 3.30. The summed E-state index contributed by atoms with van der Waals surface area (Å²) in [6.07, 6.45) is 9.08. The maximum Gasteiger partial charge on any atom is 0.253 e. The van der Waals surface area contributed by atoms with Gasteiger partial charge < -0.3 is 15.0 Å². The van der Waals surface area contributed by atoms with Crippen LogP contribution in [-0.2, 0) is 9.53 Å². The minimum atomic E-state index is -0.251. The maximum atomic E-state index is 13.8. The van der Waals surface area contributed by atoms with Gasteiger partial charge in [0.25, 0.3) is 5.91 Å². The molecule has 3 aromatic rings. The number of allylic oxidation sites excluding steroid dienone is 3. The van der Waals surface area contributed by atoms with Gasteiger partial charge in [-0.25, -0.2) is 0 Å². The van der Waals surface area contributed by atoms with Crippen molar-refractivity contribution in [2.45, 2.75) is 25.0 Å². The summed E-state index contributed by atoms with van der Waals surface area (Å²) >= 11 is 0. The molecule has 1 aliphatic heterocycles. The standard InChI is InChI=1S/C29H29N3O3/c1-35-23-17-22(18-31-28(33)26-15-7-11-21-12-8-16-30-27(21)26)32(19-23)29(34)25-14-6-5-13-24(25)20-9-3-2-4-10-20/h2-13,15-16,22-23,25H,14,17-19H2,1H3,(H,31,33). The van der Waals surface area contributed by atoms with Gasteiger partial charge in [-0.2, -0.15) is 0 Å². The van der Waals surface area contributed by atoms with E-state index >= 15 is 0 Å². The number of carbonyl (C=O) groups is 2. The molecule has 2 amide bonds. The van der Waals surface area contributed by atoms with Crippen molar-refractivity contribution in [3.05, 3.63) is 96.2 Å². The van der Waals surface area contributed by atoms with Crippen molar-refractivity contribution in [1.82, 2.24) is 15.2 Å². The second kappa shape index (κ2) is 10.2. The SMILES string of the molecule is COC1CC(CNC(=O)c2cccc3cccnc23)N(C(=O)C2CC=CC=C2c2ccccc2)C1. The van der Waals surface area contributed by atoms with Gasteiger partial charge in [-0.3, -0.25) is 14.6 Å². The highest BCUT2D eigenvalue weighted by Gasteiger charge is 2.39. The minimum absolute atomic E-state index is 0.0524. The van der Waals surface area contributed by atoms with Crippen molar-refractivity contribution in [1.29, 1.82) is 0 Å². The minimum Gasteiger partial charge on any atom is -0.380 e. The van der Waals surface area contributed by atoms with Gasteiger partial charge in [0.15, 0.2) is 0 Å². The molecule has 5 rings (SSSR count). The zero-order chi connectivity index (χ0) is 24.2. The normalized spacial score (nSPS) is 21.7. The lowest BCUT2D eigenvalue weighted by molar-refractivity contribution is -0.134. The molecule has 1 aliphatic carbocycles. The van der Waals surface area contributed by atoms with Crippen molar-refractivity contribution in [2.75, 3.05) is 20.2 Å². The zero-order valence-electron chi connectivity index (χ0n) is 19.8. The highest BCUT2D eigenvalue weighted by Crippen LogP contribution is 2.33. The molecular formula is C29H29N3O3. The number of benzene rings is 2. The third kappa shape index (κ3) is 4.75. The molecule has 6 nitrogen and oxygen atoms in total. The molecule has 178 valence electrons. The number of carbonyl (C=O) groups excluding carboxylic acids is 2. The number of methoxy groups -OCH3 is 1. The monoisotopic (exact) mass is 467 g/mol. The lowest BCUT2D eigenvalue weighted by Crippen LogP contribution is -2.45. The Hall–Kier alpha value is -3.77. The number of para-hydroxylation sites is 1. The molecule has 0 radical (unpaired) electrons. The molecule has 3 atom stereocenters. The quantitative estimate of drug-likeness (QED) is 0.589. The molecule has 2 aromatic carbocycles. The third-order valence-corrected chi connectivity index (χ3v) is 6.93. The highest BCUT2D eigenvalue weighted by atomic mass is 16.5. The van der Waals surface area contributed by atoms with Crippen molar-refractivity contribution in [2.24, 2.45) is 5.92 Å². The molecule has 6 heteroatoms. The molecular weight excluding hydrogens is 438 g/mol. The molecule has 2 heterocycles. The first-order valence-electron chi connectivity index (χ1n) is 12.0. The number of hydrogen-bond acceptors (Lipinski definition) is 4. The van der Waals surface area contributed by atoms with Crippen LogP contribution in [-0.4, -0.2) is 54.0 Å². The molecule has 0 saturated carbocycles. The van der Waals surface area contributed by atoms with Crippen LogP contribution in [0.15, 0.2) is 85.1 Å². The van der Waals surface area contributed by atoms with E-state index < -0.39 is 0 Å². The van der Waals surface area contributed by atoms with E-state index in [1.807, 2.05) is 77.7 Å². The fraction of sp³-hybridized carbons (Fsp3) is 0.276. The summed E-state index contributed by atoms with van der Waals surface area (Å²) in [6.45, 7) is 0.884. The Kier molecular flexibility index (Phi) is 6.73. The van der Waals surface area contributed by atoms with Crippen LogP contribution in [0, 0.1) is 5.92 Å². The number of pyridine rings is 1. The van der Waals surface area contributed by atoms with E-state index in [4.69, 9.17) is 4.74 Å². The number of fused-ring (bicyclic) bond motifs is 1. The van der Waals surface area contributed by atoms with E-state index in [2.05, 4.69) is 10.3 Å². The summed E-state index contributed by atoms with van der Waals surface area (Å²) in [7, 11) is 1.68. The number of amides is 2. The molecule has 0 spiro atoms. The topological polar surface area (TPSA) is 71.5 Å². The third-order valence-electron chi connectivity index (χ3n) is 6.93. The van der Waals surface area contributed by atoms with Gasteiger partial charge in [-0.1, -0.05) is 66.8 Å². The van der Waals surface area contributed by atoms with Gasteiger partial charge in [-0.05, 0) is 36.1 Å². The fourth-order valence-electron chi connectivity index (χ4n) is 5.09. The van der Waals surface area contributed by atoms with Crippen LogP contribution >= 0.6 is 0 Å². The Morgan fingerprint density at radius 3 is 2.74 bits per heavy atom. The van der Waals surface area contributed by atoms with Crippen LogP contribution in [0.4, 0.5) is 0 Å². The fourth-order valence-corrected chi connectivity index (χ4v) is 5.09. The van der Waals surface area contributed by atoms with E-state index in [1.54, 1.807) is 19.4 Å². The van der Waals surface area contributed by atoms with E-state index in [9.17, 15) is 9.59 Å². The van der Waals surface area contributed by atoms with Gasteiger partial charge in [0.1, 0.15) is 0 Å². The Balaban J connectivity index is 1.33. The van der Waals surface area contributed by atoms with Crippen LogP contribution in [0.3, 0.4) is 0 Å². The van der Waals surface area contributed by atoms with Crippen molar-refractivity contribution >= 4 is 28.3 Å². The second-order valence-electron chi connectivity index (χ2n) is 9.03. The molecule has 1 N–H and O–H groups in total. The maximum absolute atomic E-state index is 13.8. The molecule has 1 fully saturated rings. The Bertz CT molecular complexity index is 1280. The molecule has 2 aliphatic rings. The largest absolute Gasteiger partial charge is 0.380 e. The average molecular weight is 468 g/mol. The van der Waals surface area contributed by atoms with Gasteiger partial charge in [0.2, 0.25) is 5.91 Å². The zero-order valence-corrected chi connectivity index (χ0v) is 19.8. The Morgan fingerprint density at radius 1 is 1.09 bits per heavy atom. The van der Waals surface area contributed by atoms with Crippen molar-refractivity contribution < 1.29 is 14.3 Å². The number of rotatable bonds is 6. The summed E-state index contributed by atoms with van der Waals surface area (Å²) < 4.78 is 5.62. The van der Waals surface area contributed by atoms with Gasteiger partial charge in [-0.15, -0.1) is 0 Å². The van der Waals surface area contributed by atoms with Gasteiger partial charge in [0, 0.05) is 31.8 Å². The lowest BCUT2D eigenvalue weighted by atomic mass is 9.85. The molecule has 1 saturated heterocycles. The highest BCUT2D eigenvalue weighted by molar-refractivity contribution is 6.05. The lowest BCUT2D eigenvalue weighted by Gasteiger charge is -2.30. The van der Waals surface area contributed by atoms with Gasteiger partial charge in [0.05, 0.1) is 29.1 Å². The van der Waals surface area contributed by atoms with Crippen molar-refractivity contribution in [3.63, 3.8) is 0 Å². The number of nitrogens with one attached hydrogen (secondary N) is 1. The summed E-state index contributed by atoms with van der Waals surface area (Å²) in [5, 5.41) is 3.97. The van der Waals surface area contributed by atoms with E-state index in [1.165, 1.54) is 0 Å². The first kappa shape index (κ1) is 23.0. The number of likely N-dealkylation sites (tertiary alicyclic amines) is 1. The number of ether oxygens (including phenoxy) is 1.